The first-order valence-electron chi connectivity index (χ1n) is 9.57. The molecule has 1 aromatic heterocycles. The highest BCUT2D eigenvalue weighted by Gasteiger charge is 2.11. The molecule has 6 nitrogen and oxygen atoms in total. The number of anilines is 1. The van der Waals surface area contributed by atoms with Gasteiger partial charge in [0.15, 0.2) is 6.61 Å². The number of rotatable bonds is 6. The fraction of sp³-hybridized carbons (Fsp3) is 0.125. The summed E-state index contributed by atoms with van der Waals surface area (Å²) in [6.45, 7) is 3.94. The van der Waals surface area contributed by atoms with Gasteiger partial charge in [-0.2, -0.15) is 4.98 Å². The van der Waals surface area contributed by atoms with Gasteiger partial charge in [0, 0.05) is 16.8 Å². The van der Waals surface area contributed by atoms with Crippen LogP contribution in [0.3, 0.4) is 0 Å². The van der Waals surface area contributed by atoms with E-state index in [0.717, 1.165) is 16.7 Å². The van der Waals surface area contributed by atoms with Crippen LogP contribution >= 0.6 is 0 Å². The van der Waals surface area contributed by atoms with Crippen LogP contribution in [0, 0.1) is 13.8 Å². The van der Waals surface area contributed by atoms with Gasteiger partial charge < -0.3 is 14.6 Å². The summed E-state index contributed by atoms with van der Waals surface area (Å²) in [6.07, 6.45) is 0. The van der Waals surface area contributed by atoms with Gasteiger partial charge in [0.05, 0.1) is 0 Å². The average molecular weight is 399 g/mol. The van der Waals surface area contributed by atoms with E-state index < -0.39 is 0 Å². The molecule has 0 aliphatic carbocycles. The quantitative estimate of drug-likeness (QED) is 0.492. The molecule has 0 aliphatic heterocycles. The largest absolute Gasteiger partial charge is 0.484 e. The number of nitrogens with zero attached hydrogens (tertiary/aromatic N) is 2. The molecule has 0 saturated heterocycles. The van der Waals surface area contributed by atoms with Crippen molar-refractivity contribution in [3.05, 3.63) is 83.9 Å². The monoisotopic (exact) mass is 399 g/mol. The van der Waals surface area contributed by atoms with Crippen molar-refractivity contribution in [2.75, 3.05) is 11.9 Å². The van der Waals surface area contributed by atoms with E-state index in [-0.39, 0.29) is 12.5 Å². The van der Waals surface area contributed by atoms with Crippen LogP contribution in [0.4, 0.5) is 5.69 Å². The maximum Gasteiger partial charge on any atom is 0.262 e. The Balaban J connectivity index is 1.37. The molecule has 0 bridgehead atoms. The highest BCUT2D eigenvalue weighted by atomic mass is 16.5. The Bertz CT molecular complexity index is 1150. The lowest BCUT2D eigenvalue weighted by molar-refractivity contribution is -0.118. The molecule has 0 fully saturated rings. The van der Waals surface area contributed by atoms with Crippen molar-refractivity contribution in [3.8, 4) is 28.6 Å². The maximum absolute atomic E-state index is 12.1. The Morgan fingerprint density at radius 2 is 1.67 bits per heavy atom. The molecule has 30 heavy (non-hydrogen) atoms. The predicted molar refractivity (Wildman–Crippen MR) is 115 cm³/mol. The Labute approximate surface area is 174 Å². The first kappa shape index (κ1) is 19.4. The van der Waals surface area contributed by atoms with Crippen molar-refractivity contribution >= 4 is 11.6 Å². The number of ether oxygens (including phenoxy) is 1. The number of aromatic nitrogens is 2. The first-order valence-corrected chi connectivity index (χ1v) is 9.57. The third-order valence-corrected chi connectivity index (χ3v) is 4.51. The smallest absolute Gasteiger partial charge is 0.262 e. The molecule has 0 radical (unpaired) electrons. The molecule has 4 aromatic rings. The number of carbonyl (C=O) groups excluding carboxylic acids is 1. The molecule has 1 amide bonds. The van der Waals surface area contributed by atoms with Crippen LogP contribution in [0.1, 0.15) is 11.1 Å². The number of aryl methyl sites for hydroxylation is 2. The van der Waals surface area contributed by atoms with Gasteiger partial charge in [0.25, 0.3) is 11.8 Å². The van der Waals surface area contributed by atoms with Gasteiger partial charge in [0.2, 0.25) is 5.82 Å². The van der Waals surface area contributed by atoms with E-state index >= 15 is 0 Å². The molecule has 1 heterocycles. The minimum Gasteiger partial charge on any atom is -0.484 e. The summed E-state index contributed by atoms with van der Waals surface area (Å²) >= 11 is 0. The summed E-state index contributed by atoms with van der Waals surface area (Å²) in [7, 11) is 0. The van der Waals surface area contributed by atoms with Crippen LogP contribution < -0.4 is 10.1 Å². The van der Waals surface area contributed by atoms with E-state index in [2.05, 4.69) is 15.5 Å². The van der Waals surface area contributed by atoms with Gasteiger partial charge in [-0.15, -0.1) is 0 Å². The van der Waals surface area contributed by atoms with Crippen molar-refractivity contribution in [1.29, 1.82) is 0 Å². The number of hydrogen-bond donors (Lipinski definition) is 1. The second kappa shape index (κ2) is 8.61. The molecule has 0 aliphatic rings. The first-order chi connectivity index (χ1) is 14.6. The molecule has 1 N–H and O–H groups in total. The van der Waals surface area contributed by atoms with E-state index in [1.54, 1.807) is 12.1 Å². The van der Waals surface area contributed by atoms with E-state index in [1.165, 1.54) is 5.56 Å². The topological polar surface area (TPSA) is 77.2 Å². The fourth-order valence-electron chi connectivity index (χ4n) is 2.91. The van der Waals surface area contributed by atoms with E-state index in [4.69, 9.17) is 9.26 Å². The number of nitrogens with one attached hydrogen (secondary N) is 1. The normalized spacial score (nSPS) is 10.6. The Hall–Kier alpha value is -3.93. The third kappa shape index (κ3) is 4.72. The average Bonchev–Trinajstić information content (AvgIpc) is 3.24. The minimum atomic E-state index is -0.233. The molecular formula is C24H21N3O3. The molecule has 4 rings (SSSR count). The van der Waals surface area contributed by atoms with Gasteiger partial charge >= 0.3 is 0 Å². The molecule has 0 atom stereocenters. The van der Waals surface area contributed by atoms with Gasteiger partial charge in [-0.25, -0.2) is 0 Å². The summed E-state index contributed by atoms with van der Waals surface area (Å²) in [5, 5.41) is 6.86. The molecule has 3 aromatic carbocycles. The Kier molecular flexibility index (Phi) is 5.57. The third-order valence-electron chi connectivity index (χ3n) is 4.51. The molecule has 0 unspecified atom stereocenters. The van der Waals surface area contributed by atoms with Crippen molar-refractivity contribution in [1.82, 2.24) is 10.1 Å². The molecule has 6 heteroatoms. The molecule has 0 saturated carbocycles. The van der Waals surface area contributed by atoms with E-state index in [9.17, 15) is 4.79 Å². The zero-order chi connectivity index (χ0) is 20.9. The summed E-state index contributed by atoms with van der Waals surface area (Å²) < 4.78 is 10.9. The Morgan fingerprint density at radius 1 is 0.933 bits per heavy atom. The Morgan fingerprint density at radius 3 is 2.40 bits per heavy atom. The molecule has 0 spiro atoms. The summed E-state index contributed by atoms with van der Waals surface area (Å²) in [4.78, 5) is 16.6. The standard InChI is InChI=1S/C24H21N3O3/c1-16-6-8-18(9-7-16)23-26-24(30-27-23)19-10-12-20(13-11-19)25-22(28)15-29-21-5-3-4-17(2)14-21/h3-14H,15H2,1-2H3,(H,25,28). The minimum absolute atomic E-state index is 0.0607. The number of benzene rings is 3. The zero-order valence-corrected chi connectivity index (χ0v) is 16.8. The van der Waals surface area contributed by atoms with Crippen LogP contribution in [0.25, 0.3) is 22.8 Å². The van der Waals surface area contributed by atoms with E-state index in [0.29, 0.717) is 23.2 Å². The van der Waals surface area contributed by atoms with Crippen LogP contribution in [0.5, 0.6) is 5.75 Å². The number of hydrogen-bond acceptors (Lipinski definition) is 5. The molecule has 150 valence electrons. The van der Waals surface area contributed by atoms with Crippen LogP contribution in [-0.2, 0) is 4.79 Å². The number of carbonyl (C=O) groups is 1. The van der Waals surface area contributed by atoms with Crippen molar-refractivity contribution in [2.24, 2.45) is 0 Å². The second-order valence-corrected chi connectivity index (χ2v) is 7.02. The second-order valence-electron chi connectivity index (χ2n) is 7.02. The van der Waals surface area contributed by atoms with Crippen molar-refractivity contribution < 1.29 is 14.1 Å². The van der Waals surface area contributed by atoms with Crippen LogP contribution in [0.2, 0.25) is 0 Å². The summed E-state index contributed by atoms with van der Waals surface area (Å²) in [6, 6.07) is 22.7. The van der Waals surface area contributed by atoms with Crippen molar-refractivity contribution in [2.45, 2.75) is 13.8 Å². The molecular weight excluding hydrogens is 378 g/mol. The highest BCUT2D eigenvalue weighted by molar-refractivity contribution is 5.92. The van der Waals surface area contributed by atoms with Gasteiger partial charge in [-0.1, -0.05) is 47.1 Å². The SMILES string of the molecule is Cc1ccc(-c2noc(-c3ccc(NC(=O)COc4cccc(C)c4)cc3)n2)cc1. The lowest BCUT2D eigenvalue weighted by Crippen LogP contribution is -2.20. The van der Waals surface area contributed by atoms with Crippen LogP contribution in [-0.4, -0.2) is 22.7 Å². The van der Waals surface area contributed by atoms with Crippen LogP contribution in [0.15, 0.2) is 77.3 Å². The van der Waals surface area contributed by atoms with Gasteiger partial charge in [-0.3, -0.25) is 4.79 Å². The number of amides is 1. The summed E-state index contributed by atoms with van der Waals surface area (Å²) in [5.41, 5.74) is 4.58. The van der Waals surface area contributed by atoms with Gasteiger partial charge in [0.1, 0.15) is 5.75 Å². The lowest BCUT2D eigenvalue weighted by atomic mass is 10.1. The van der Waals surface area contributed by atoms with Crippen molar-refractivity contribution in [3.63, 3.8) is 0 Å². The van der Waals surface area contributed by atoms with Gasteiger partial charge in [-0.05, 0) is 55.8 Å². The summed E-state index contributed by atoms with van der Waals surface area (Å²) in [5.74, 6) is 1.40. The zero-order valence-electron chi connectivity index (χ0n) is 16.8. The fourth-order valence-corrected chi connectivity index (χ4v) is 2.91. The maximum atomic E-state index is 12.1. The van der Waals surface area contributed by atoms with E-state index in [1.807, 2.05) is 74.5 Å². The lowest BCUT2D eigenvalue weighted by Gasteiger charge is -2.08. The predicted octanol–water partition coefficient (Wildman–Crippen LogP) is 5.04. The highest BCUT2D eigenvalue weighted by Crippen LogP contribution is 2.23.